The van der Waals surface area contributed by atoms with Gasteiger partial charge in [-0.3, -0.25) is 0 Å². The lowest BCUT2D eigenvalue weighted by atomic mass is 9.79. The summed E-state index contributed by atoms with van der Waals surface area (Å²) in [5, 5.41) is 0. The molecule has 0 amide bonds. The van der Waals surface area contributed by atoms with Crippen LogP contribution in [0, 0.1) is 5.41 Å². The molecule has 4 rings (SSSR count). The van der Waals surface area contributed by atoms with E-state index in [-0.39, 0.29) is 26.4 Å². The van der Waals surface area contributed by atoms with Crippen LogP contribution in [0.5, 0.6) is 23.0 Å². The van der Waals surface area contributed by atoms with Crippen LogP contribution in [-0.2, 0) is 81.2 Å². The van der Waals surface area contributed by atoms with E-state index in [1.54, 1.807) is 0 Å². The number of likely N-dealkylation sites (N-methyl/N-ethyl adjacent to an activating group) is 4. The average molecular weight is 1580 g/mol. The zero-order valence-corrected chi connectivity index (χ0v) is 77.9. The van der Waals surface area contributed by atoms with Gasteiger partial charge >= 0.3 is 24.6 Å². The van der Waals surface area contributed by atoms with Gasteiger partial charge in [-0.2, -0.15) is 0 Å². The minimum Gasteiger partial charge on any atom is -0.428 e. The van der Waals surface area contributed by atoms with E-state index >= 15 is 0 Å². The summed E-state index contributed by atoms with van der Waals surface area (Å²) in [6.45, 7) is 76.4. The highest BCUT2D eigenvalue weighted by atomic mass is 16.8. The lowest BCUT2D eigenvalue weighted by Gasteiger charge is -2.35. The summed E-state index contributed by atoms with van der Waals surface area (Å²) in [5.41, 5.74) is 3.23. The molecule has 0 aliphatic rings. The van der Waals surface area contributed by atoms with Gasteiger partial charge in [-0.25, -0.2) is 19.2 Å². The quantitative estimate of drug-likeness (QED) is 0.0225. The van der Waals surface area contributed by atoms with Crippen molar-refractivity contribution in [3.63, 3.8) is 0 Å². The molecular weight excluding hydrogens is 1430 g/mol. The Morgan fingerprint density at radius 3 is 0.487 bits per heavy atom. The maximum atomic E-state index is 13.5. The van der Waals surface area contributed by atoms with Crippen molar-refractivity contribution >= 4 is 47.4 Å². The molecule has 0 heterocycles. The summed E-state index contributed by atoms with van der Waals surface area (Å²) in [5.74, 6) is 1.97. The molecular formula is C93H152N4O16. The van der Waals surface area contributed by atoms with E-state index in [1.807, 2.05) is 111 Å². The van der Waals surface area contributed by atoms with Crippen molar-refractivity contribution in [2.24, 2.45) is 5.41 Å². The van der Waals surface area contributed by atoms with Gasteiger partial charge in [0.1, 0.15) is 45.4 Å². The first-order chi connectivity index (χ1) is 50.8. The molecule has 0 aliphatic heterocycles. The van der Waals surface area contributed by atoms with Crippen LogP contribution < -0.4 is 38.5 Å². The number of carbonyl (C=O) groups excluding carboxylic acids is 4. The van der Waals surface area contributed by atoms with E-state index in [0.717, 1.165) is 67.3 Å². The fourth-order valence-electron chi connectivity index (χ4n) is 12.4. The average Bonchev–Trinajstić information content (AvgIpc) is 0.785. The molecule has 0 unspecified atom stereocenters. The van der Waals surface area contributed by atoms with Crippen LogP contribution >= 0.6 is 0 Å². The van der Waals surface area contributed by atoms with Crippen LogP contribution in [0.2, 0.25) is 0 Å². The first kappa shape index (κ1) is 98.4. The highest BCUT2D eigenvalue weighted by molar-refractivity contribution is 5.73. The van der Waals surface area contributed by atoms with Crippen LogP contribution in [-0.4, -0.2) is 154 Å². The number of benzene rings is 4. The molecule has 0 aromatic heterocycles. The topological polar surface area (TPSA) is 192 Å². The second-order valence-electron chi connectivity index (χ2n) is 43.1. The molecule has 0 N–H and O–H groups in total. The second kappa shape index (κ2) is 37.1. The van der Waals surface area contributed by atoms with Gasteiger partial charge in [0.25, 0.3) is 0 Å². The van der Waals surface area contributed by atoms with Crippen molar-refractivity contribution in [3.8, 4) is 23.0 Å². The number of nitrogens with zero attached hydrogens (tertiary/aromatic N) is 4. The summed E-state index contributed by atoms with van der Waals surface area (Å²) in [6, 6.07) is 16.8. The van der Waals surface area contributed by atoms with Crippen molar-refractivity contribution in [2.75, 3.05) is 127 Å². The SMILES string of the molecule is CN(CCOCC(COCCN(C)c1cc(C(C)(C)C)c(OC(=O)OC(C)(C)C)c(C(C)(C)C)c1)(COCCN(C)c1cc(C(C)(C)C)c(OC(=O)OC(C)(C)C)c(C(C)(C)C)c1)COCCN(C)c1cc(C(C)(C)C)c(OC(=O)OC(C)(C)C)c(C(C)(C)C)c1)c1cc(C(C)(C)C)c(OC(=O)OC(C)(C)C)c(C(C)(C)C)c1. The summed E-state index contributed by atoms with van der Waals surface area (Å²) in [7, 11) is 8.17. The predicted octanol–water partition coefficient (Wildman–Crippen LogP) is 22.2. The molecule has 640 valence electrons. The van der Waals surface area contributed by atoms with Gasteiger partial charge in [0.2, 0.25) is 0 Å². The minimum absolute atomic E-state index is 0.181. The maximum absolute atomic E-state index is 13.5. The largest absolute Gasteiger partial charge is 0.514 e. The molecule has 0 aliphatic carbocycles. The van der Waals surface area contributed by atoms with Gasteiger partial charge in [-0.1, -0.05) is 166 Å². The molecule has 0 spiro atoms. The maximum Gasteiger partial charge on any atom is 0.514 e. The van der Waals surface area contributed by atoms with Crippen LogP contribution in [0.25, 0.3) is 0 Å². The number of rotatable bonds is 28. The monoisotopic (exact) mass is 1580 g/mol. The van der Waals surface area contributed by atoms with Crippen LogP contribution in [0.4, 0.5) is 41.9 Å². The van der Waals surface area contributed by atoms with Crippen LogP contribution in [0.15, 0.2) is 48.5 Å². The summed E-state index contributed by atoms with van der Waals surface area (Å²) < 4.78 is 75.5. The number of ether oxygens (including phenoxy) is 12. The van der Waals surface area contributed by atoms with Crippen molar-refractivity contribution in [2.45, 2.75) is 315 Å². The lowest BCUT2D eigenvalue weighted by Crippen LogP contribution is -2.44. The molecule has 4 aromatic rings. The van der Waals surface area contributed by atoms with Gasteiger partial charge in [0.05, 0.1) is 58.3 Å². The fraction of sp³-hybridized carbons (Fsp3) is 0.699. The highest BCUT2D eigenvalue weighted by Crippen LogP contribution is 2.48. The first-order valence-corrected chi connectivity index (χ1v) is 40.4. The van der Waals surface area contributed by atoms with E-state index in [9.17, 15) is 19.2 Å². The van der Waals surface area contributed by atoms with E-state index in [1.165, 1.54) is 0 Å². The second-order valence-corrected chi connectivity index (χ2v) is 43.1. The zero-order valence-electron chi connectivity index (χ0n) is 77.9. The molecule has 0 saturated carbocycles. The summed E-state index contributed by atoms with van der Waals surface area (Å²) in [4.78, 5) is 62.5. The Kier molecular flexibility index (Phi) is 32.3. The molecule has 0 atom stereocenters. The molecule has 0 fully saturated rings. The van der Waals surface area contributed by atoms with Gasteiger partial charge in [-0.05, 0) is 175 Å². The third kappa shape index (κ3) is 31.2. The zero-order chi connectivity index (χ0) is 87.0. The smallest absolute Gasteiger partial charge is 0.428 e. The fourth-order valence-corrected chi connectivity index (χ4v) is 12.4. The molecule has 113 heavy (non-hydrogen) atoms. The summed E-state index contributed by atoms with van der Waals surface area (Å²) >= 11 is 0. The standard InChI is InChI=1S/C93H152N4O16/c1-81(2,3)65-49-61(50-66(82(4,5)6)73(65)106-77(98)110-89(25,26)27)94(37)41-45-102-57-93(58-103-46-42-95(38)62-51-67(83(7,8)9)74(68(52-62)84(10,11)12)107-78(99)111-90(28,29)30,59-104-47-43-96(39)63-53-69(85(13,14)15)75(70(54-63)86(16,17)18)108-79(100)112-91(31,32)33)60-105-48-44-97(40)64-55-71(87(19,20)21)76(72(56-64)88(22,23)24)109-80(101)113-92(34,35)36/h49-56H,41-48,57-60H2,1-40H3. The van der Waals surface area contributed by atoms with E-state index < -0.39 is 95.8 Å². The Hall–Kier alpha value is -7.00. The van der Waals surface area contributed by atoms with Crippen molar-refractivity contribution in [1.29, 1.82) is 0 Å². The Morgan fingerprint density at radius 2 is 0.372 bits per heavy atom. The number of carbonyl (C=O) groups is 4. The normalized spacial score (nSPS) is 13.3. The van der Waals surface area contributed by atoms with Crippen LogP contribution in [0.3, 0.4) is 0 Å². The van der Waals surface area contributed by atoms with Crippen LogP contribution in [0.1, 0.15) is 294 Å². The Bertz CT molecular complexity index is 3200. The molecule has 0 bridgehead atoms. The minimum atomic E-state index is -0.897. The van der Waals surface area contributed by atoms with Gasteiger partial charge < -0.3 is 76.4 Å². The Morgan fingerprint density at radius 1 is 0.239 bits per heavy atom. The van der Waals surface area contributed by atoms with E-state index in [2.05, 4.69) is 234 Å². The molecule has 20 heteroatoms. The third-order valence-electron chi connectivity index (χ3n) is 18.7. The van der Waals surface area contributed by atoms with E-state index in [4.69, 9.17) is 56.8 Å². The third-order valence-corrected chi connectivity index (χ3v) is 18.7. The lowest BCUT2D eigenvalue weighted by molar-refractivity contribution is -0.103. The van der Waals surface area contributed by atoms with Gasteiger partial charge in [0.15, 0.2) is 0 Å². The van der Waals surface area contributed by atoms with E-state index in [0.29, 0.717) is 75.6 Å². The first-order valence-electron chi connectivity index (χ1n) is 40.4. The summed E-state index contributed by atoms with van der Waals surface area (Å²) in [6.07, 6.45) is -3.04. The molecule has 4 aromatic carbocycles. The highest BCUT2D eigenvalue weighted by Gasteiger charge is 2.39. The Labute approximate surface area is 683 Å². The number of hydrogen-bond donors (Lipinski definition) is 0. The molecule has 0 saturated heterocycles. The van der Waals surface area contributed by atoms with Gasteiger partial charge in [0, 0.05) is 122 Å². The molecule has 20 nitrogen and oxygen atoms in total. The van der Waals surface area contributed by atoms with Crippen molar-refractivity contribution < 1.29 is 76.0 Å². The van der Waals surface area contributed by atoms with Crippen molar-refractivity contribution in [3.05, 3.63) is 93.0 Å². The predicted molar refractivity (Wildman–Crippen MR) is 462 cm³/mol. The van der Waals surface area contributed by atoms with Gasteiger partial charge in [-0.15, -0.1) is 0 Å². The number of anilines is 4. The molecule has 0 radical (unpaired) electrons. The Balaban J connectivity index is 1.92. The van der Waals surface area contributed by atoms with Crippen molar-refractivity contribution in [1.82, 2.24) is 0 Å². The number of hydrogen-bond acceptors (Lipinski definition) is 20.